The molecule has 3 fully saturated rings. The number of aliphatic hydroxyl groups is 2. The third-order valence-corrected chi connectivity index (χ3v) is 13.8. The topological polar surface area (TPSA) is 102 Å². The monoisotopic (exact) mass is 746 g/mol. The van der Waals surface area contributed by atoms with Crippen LogP contribution in [0.25, 0.3) is 0 Å². The van der Waals surface area contributed by atoms with Crippen LogP contribution in [-0.4, -0.2) is 77.6 Å². The van der Waals surface area contributed by atoms with Gasteiger partial charge < -0.3 is 24.4 Å². The quantitative estimate of drug-likeness (QED) is 0.113. The van der Waals surface area contributed by atoms with Gasteiger partial charge in [0.25, 0.3) is 0 Å². The lowest BCUT2D eigenvalue weighted by atomic mass is 9.82. The fourth-order valence-corrected chi connectivity index (χ4v) is 10.3. The van der Waals surface area contributed by atoms with Crippen LogP contribution < -0.4 is 0 Å². The number of alkyl halides is 1. The van der Waals surface area contributed by atoms with Gasteiger partial charge in [0.05, 0.1) is 47.3 Å². The molecule has 0 aliphatic carbocycles. The highest BCUT2D eigenvalue weighted by atomic mass is 127. The smallest absolute Gasteiger partial charge is 0.178 e. The van der Waals surface area contributed by atoms with Gasteiger partial charge in [-0.3, -0.25) is 0 Å². The molecule has 0 saturated carbocycles. The first kappa shape index (κ1) is 36.3. The summed E-state index contributed by atoms with van der Waals surface area (Å²) in [5, 5.41) is 20.7. The Morgan fingerprint density at radius 1 is 1.09 bits per heavy atom. The lowest BCUT2D eigenvalue weighted by molar-refractivity contribution is -0.155. The number of rotatable bonds is 16. The Hall–Kier alpha value is -0.560. The first-order chi connectivity index (χ1) is 20.9. The summed E-state index contributed by atoms with van der Waals surface area (Å²) in [4.78, 5) is 0.335. The van der Waals surface area contributed by atoms with Gasteiger partial charge in [-0.2, -0.15) is 0 Å². The molecular weight excluding hydrogens is 691 g/mol. The molecule has 1 aromatic carbocycles. The zero-order valence-corrected chi connectivity index (χ0v) is 30.0. The molecule has 1 aromatic rings. The Balaban J connectivity index is 1.40. The van der Waals surface area contributed by atoms with Crippen molar-refractivity contribution < 1.29 is 32.8 Å². The van der Waals surface area contributed by atoms with Crippen LogP contribution in [0, 0.1) is 23.7 Å². The van der Waals surface area contributed by atoms with Gasteiger partial charge in [-0.05, 0) is 74.0 Å². The summed E-state index contributed by atoms with van der Waals surface area (Å²) in [7, 11) is -3.51. The molecule has 0 aromatic heterocycles. The van der Waals surface area contributed by atoms with E-state index in [0.717, 1.165) is 61.4 Å². The summed E-state index contributed by atoms with van der Waals surface area (Å²) < 4.78 is 47.4. The van der Waals surface area contributed by atoms with E-state index in [0.29, 0.717) is 17.2 Å². The van der Waals surface area contributed by atoms with E-state index in [-0.39, 0.29) is 66.2 Å². The van der Waals surface area contributed by atoms with Crippen LogP contribution >= 0.6 is 22.6 Å². The largest absolute Gasteiger partial charge is 0.396 e. The maximum atomic E-state index is 13.4. The summed E-state index contributed by atoms with van der Waals surface area (Å²) in [5.74, 6) is 0.365. The molecule has 0 radical (unpaired) electrons. The van der Waals surface area contributed by atoms with Crippen molar-refractivity contribution in [2.45, 2.75) is 133 Å². The Morgan fingerprint density at radius 3 is 2.48 bits per heavy atom. The fraction of sp³-hybridized carbons (Fsp3) is 0.771. The zero-order valence-electron chi connectivity index (χ0n) is 27.1. The van der Waals surface area contributed by atoms with Gasteiger partial charge in [0.1, 0.15) is 5.60 Å². The van der Waals surface area contributed by atoms with Gasteiger partial charge in [-0.25, -0.2) is 8.42 Å². The van der Waals surface area contributed by atoms with Crippen LogP contribution in [0.1, 0.15) is 85.5 Å². The fourth-order valence-electron chi connectivity index (χ4n) is 7.54. The average Bonchev–Trinajstić information content (AvgIpc) is 3.52. The second kappa shape index (κ2) is 16.0. The first-order valence-electron chi connectivity index (χ1n) is 16.7. The first-order valence-corrected chi connectivity index (χ1v) is 19.9. The molecule has 0 amide bonds. The molecule has 3 saturated heterocycles. The predicted molar refractivity (Wildman–Crippen MR) is 183 cm³/mol. The van der Waals surface area contributed by atoms with Crippen molar-refractivity contribution in [3.05, 3.63) is 42.5 Å². The Bertz CT molecular complexity index is 1160. The Kier molecular flexibility index (Phi) is 13.2. The van der Waals surface area contributed by atoms with E-state index in [1.54, 1.807) is 24.3 Å². The molecular formula is C35H55IO7S. The molecule has 4 rings (SSSR count). The Morgan fingerprint density at radius 2 is 1.82 bits per heavy atom. The highest BCUT2D eigenvalue weighted by Gasteiger charge is 2.52. The number of ether oxygens (including phenoxy) is 3. The van der Waals surface area contributed by atoms with E-state index in [1.165, 1.54) is 0 Å². The van der Waals surface area contributed by atoms with E-state index < -0.39 is 15.9 Å². The summed E-state index contributed by atoms with van der Waals surface area (Å²) >= 11 is 2.42. The molecule has 0 bridgehead atoms. The van der Waals surface area contributed by atoms with Crippen LogP contribution in [0.2, 0.25) is 0 Å². The van der Waals surface area contributed by atoms with Gasteiger partial charge in [-0.1, -0.05) is 81.5 Å². The summed E-state index contributed by atoms with van der Waals surface area (Å²) in [6.07, 6.45) is 6.44. The van der Waals surface area contributed by atoms with Gasteiger partial charge >= 0.3 is 0 Å². The van der Waals surface area contributed by atoms with Crippen LogP contribution in [0.4, 0.5) is 0 Å². The number of aliphatic hydroxyl groups excluding tert-OH is 2. The third kappa shape index (κ3) is 8.66. The van der Waals surface area contributed by atoms with Crippen molar-refractivity contribution in [2.24, 2.45) is 23.7 Å². The summed E-state index contributed by atoms with van der Waals surface area (Å²) in [6, 6.07) is 8.65. The minimum atomic E-state index is -3.51. The van der Waals surface area contributed by atoms with E-state index in [9.17, 15) is 18.6 Å². The maximum Gasteiger partial charge on any atom is 0.178 e. The second-order valence-electron chi connectivity index (χ2n) is 13.9. The number of fused-ring (bicyclic) bond motifs is 1. The number of halogens is 1. The minimum absolute atomic E-state index is 0.00539. The van der Waals surface area contributed by atoms with Gasteiger partial charge in [-0.15, -0.1) is 0 Å². The number of benzene rings is 1. The number of hydrogen-bond donors (Lipinski definition) is 2. The Labute approximate surface area is 279 Å². The normalized spacial score (nSPS) is 34.4. The van der Waals surface area contributed by atoms with Gasteiger partial charge in [0, 0.05) is 29.8 Å². The molecule has 250 valence electrons. The van der Waals surface area contributed by atoms with Crippen molar-refractivity contribution in [1.29, 1.82) is 0 Å². The van der Waals surface area contributed by atoms with E-state index in [1.807, 2.05) is 6.07 Å². The molecule has 9 heteroatoms. The van der Waals surface area contributed by atoms with Crippen molar-refractivity contribution >= 4 is 32.4 Å². The molecule has 2 N–H and O–H groups in total. The van der Waals surface area contributed by atoms with E-state index in [2.05, 4.69) is 56.9 Å². The molecule has 0 spiro atoms. The average molecular weight is 747 g/mol. The summed E-state index contributed by atoms with van der Waals surface area (Å²) in [6.45, 7) is 13.1. The minimum Gasteiger partial charge on any atom is -0.396 e. The molecule has 11 atom stereocenters. The van der Waals surface area contributed by atoms with Crippen LogP contribution in [0.3, 0.4) is 0 Å². The molecule has 3 heterocycles. The zero-order chi connectivity index (χ0) is 32.1. The van der Waals surface area contributed by atoms with Gasteiger partial charge in [0.2, 0.25) is 0 Å². The van der Waals surface area contributed by atoms with Crippen molar-refractivity contribution in [3.63, 3.8) is 0 Å². The SMILES string of the molecule is C=C([C@H](C)C[C@H]1CC[C@@H]2O[C@@H](CCCO)C[C@]2(CI)O1)[C@H](O)CC1O[C@H](C[C@H](C)CC)[C@H](C)[C@H]1CS(=O)(=O)c1ccccc1. The number of hydrogen-bond acceptors (Lipinski definition) is 7. The molecule has 3 aliphatic rings. The van der Waals surface area contributed by atoms with E-state index in [4.69, 9.17) is 14.2 Å². The van der Waals surface area contributed by atoms with Crippen LogP contribution in [0.15, 0.2) is 47.4 Å². The molecule has 7 nitrogen and oxygen atoms in total. The van der Waals surface area contributed by atoms with Crippen molar-refractivity contribution in [2.75, 3.05) is 16.8 Å². The van der Waals surface area contributed by atoms with Crippen molar-refractivity contribution in [1.82, 2.24) is 0 Å². The predicted octanol–water partition coefficient (Wildman–Crippen LogP) is 6.53. The number of sulfone groups is 1. The van der Waals surface area contributed by atoms with Crippen LogP contribution in [0.5, 0.6) is 0 Å². The van der Waals surface area contributed by atoms with Crippen LogP contribution in [-0.2, 0) is 24.0 Å². The van der Waals surface area contributed by atoms with Crippen molar-refractivity contribution in [3.8, 4) is 0 Å². The molecule has 1 unspecified atom stereocenters. The van der Waals surface area contributed by atoms with Gasteiger partial charge in [0.15, 0.2) is 9.84 Å². The molecule has 3 aliphatic heterocycles. The lowest BCUT2D eigenvalue weighted by Gasteiger charge is -2.42. The lowest BCUT2D eigenvalue weighted by Crippen LogP contribution is -2.50. The standard InChI is InChI=1S/C35H55IO7S/c1-6-23(2)17-32-26(5)30(21-44(39,40)29-12-8-7-9-13-29)33(42-32)19-31(38)25(4)24(3)18-27-14-15-34-35(22-36,43-27)20-28(41-34)11-10-16-37/h7-9,12-13,23-24,26-28,30-34,37-38H,4,6,10-11,14-22H2,1-3,5H3/t23-,24-,26-,27-,28+,30-,31-,32-,33?,34+,35-/m1/s1. The third-order valence-electron chi connectivity index (χ3n) is 10.6. The van der Waals surface area contributed by atoms with E-state index >= 15 is 0 Å². The molecule has 44 heavy (non-hydrogen) atoms. The highest BCUT2D eigenvalue weighted by Crippen LogP contribution is 2.46. The summed E-state index contributed by atoms with van der Waals surface area (Å²) in [5.41, 5.74) is 0.466. The second-order valence-corrected chi connectivity index (χ2v) is 16.7. The highest BCUT2D eigenvalue weighted by molar-refractivity contribution is 14.1. The maximum absolute atomic E-state index is 13.4.